The number of pyridine rings is 1. The van der Waals surface area contributed by atoms with Crippen molar-refractivity contribution in [3.63, 3.8) is 0 Å². The molecule has 160 valence electrons. The predicted molar refractivity (Wildman–Crippen MR) is 118 cm³/mol. The van der Waals surface area contributed by atoms with Gasteiger partial charge in [-0.2, -0.15) is 0 Å². The van der Waals surface area contributed by atoms with Crippen LogP contribution in [-0.2, 0) is 13.1 Å². The highest BCUT2D eigenvalue weighted by molar-refractivity contribution is 5.95. The molecule has 0 atom stereocenters. The molecule has 0 aliphatic rings. The van der Waals surface area contributed by atoms with Crippen LogP contribution in [0.4, 0.5) is 5.69 Å². The third kappa shape index (κ3) is 4.62. The van der Waals surface area contributed by atoms with Gasteiger partial charge >= 0.3 is 0 Å². The van der Waals surface area contributed by atoms with E-state index in [0.29, 0.717) is 12.2 Å². The first-order valence-corrected chi connectivity index (χ1v) is 9.79. The summed E-state index contributed by atoms with van der Waals surface area (Å²) < 4.78 is 3.13. The van der Waals surface area contributed by atoms with Crippen molar-refractivity contribution in [2.45, 2.75) is 13.1 Å². The normalized spacial score (nSPS) is 10.6. The summed E-state index contributed by atoms with van der Waals surface area (Å²) in [6.07, 6.45) is 6.31. The van der Waals surface area contributed by atoms with E-state index < -0.39 is 10.8 Å². The van der Waals surface area contributed by atoms with Gasteiger partial charge < -0.3 is 14.5 Å². The Morgan fingerprint density at radius 2 is 1.81 bits per heavy atom. The lowest BCUT2D eigenvalue weighted by atomic mass is 10.1. The molecule has 0 saturated carbocycles. The van der Waals surface area contributed by atoms with Crippen LogP contribution in [0.5, 0.6) is 0 Å². The number of carbonyl (C=O) groups is 1. The zero-order valence-corrected chi connectivity index (χ0v) is 16.9. The Bertz CT molecular complexity index is 1310. The first-order valence-electron chi connectivity index (χ1n) is 9.79. The van der Waals surface area contributed by atoms with Gasteiger partial charge in [0.05, 0.1) is 17.8 Å². The Morgan fingerprint density at radius 3 is 2.50 bits per heavy atom. The van der Waals surface area contributed by atoms with Crippen LogP contribution in [0.15, 0.2) is 90.4 Å². The fourth-order valence-electron chi connectivity index (χ4n) is 3.27. The first-order chi connectivity index (χ1) is 15.5. The second kappa shape index (κ2) is 9.09. The number of rotatable bonds is 7. The average molecular weight is 429 g/mol. The van der Waals surface area contributed by atoms with E-state index in [1.807, 2.05) is 24.3 Å². The number of nitrogens with zero attached hydrogens (tertiary/aromatic N) is 4. The van der Waals surface area contributed by atoms with Gasteiger partial charge in [0.15, 0.2) is 0 Å². The van der Waals surface area contributed by atoms with Crippen molar-refractivity contribution in [2.24, 2.45) is 0 Å². The maximum Gasteiger partial charge on any atom is 0.294 e. The van der Waals surface area contributed by atoms with E-state index >= 15 is 0 Å². The lowest BCUT2D eigenvalue weighted by molar-refractivity contribution is -0.384. The molecule has 2 aromatic carbocycles. The number of nitro groups is 1. The van der Waals surface area contributed by atoms with Crippen LogP contribution in [0.3, 0.4) is 0 Å². The van der Waals surface area contributed by atoms with Crippen LogP contribution in [0.25, 0.3) is 5.69 Å². The Hall–Kier alpha value is -4.53. The summed E-state index contributed by atoms with van der Waals surface area (Å²) >= 11 is 0. The van der Waals surface area contributed by atoms with Gasteiger partial charge in [0.2, 0.25) is 0 Å². The van der Waals surface area contributed by atoms with Gasteiger partial charge in [-0.15, -0.1) is 0 Å². The molecule has 1 amide bonds. The maximum atomic E-state index is 12.5. The zero-order chi connectivity index (χ0) is 22.5. The Kier molecular flexibility index (Phi) is 5.89. The van der Waals surface area contributed by atoms with Crippen LogP contribution < -0.4 is 10.9 Å². The van der Waals surface area contributed by atoms with E-state index in [0.717, 1.165) is 11.1 Å². The van der Waals surface area contributed by atoms with Crippen molar-refractivity contribution in [2.75, 3.05) is 0 Å². The molecule has 4 rings (SSSR count). The van der Waals surface area contributed by atoms with Crippen LogP contribution in [0.2, 0.25) is 0 Å². The van der Waals surface area contributed by atoms with Crippen LogP contribution >= 0.6 is 0 Å². The first kappa shape index (κ1) is 20.7. The van der Waals surface area contributed by atoms with Gasteiger partial charge in [-0.05, 0) is 29.3 Å². The molecule has 9 nitrogen and oxygen atoms in total. The zero-order valence-electron chi connectivity index (χ0n) is 16.9. The third-order valence-corrected chi connectivity index (χ3v) is 4.94. The molecule has 0 spiro atoms. The molecule has 32 heavy (non-hydrogen) atoms. The molecule has 0 saturated heterocycles. The average Bonchev–Trinajstić information content (AvgIpc) is 3.34. The van der Waals surface area contributed by atoms with E-state index in [4.69, 9.17) is 0 Å². The van der Waals surface area contributed by atoms with Gasteiger partial charge in [0, 0.05) is 42.8 Å². The largest absolute Gasteiger partial charge is 0.348 e. The van der Waals surface area contributed by atoms with Gasteiger partial charge in [0.1, 0.15) is 5.69 Å². The van der Waals surface area contributed by atoms with Gasteiger partial charge in [-0.3, -0.25) is 19.7 Å². The summed E-state index contributed by atoms with van der Waals surface area (Å²) in [6.45, 7) is 0.723. The topological polar surface area (TPSA) is 112 Å². The molecule has 9 heteroatoms. The molecule has 0 fully saturated rings. The minimum Gasteiger partial charge on any atom is -0.348 e. The number of benzene rings is 2. The Morgan fingerprint density at radius 1 is 1.03 bits per heavy atom. The number of nitrogens with one attached hydrogen (secondary N) is 1. The highest BCUT2D eigenvalue weighted by atomic mass is 16.6. The molecule has 0 bridgehead atoms. The van der Waals surface area contributed by atoms with E-state index in [1.54, 1.807) is 35.2 Å². The summed E-state index contributed by atoms with van der Waals surface area (Å²) in [5.41, 5.74) is 2.09. The van der Waals surface area contributed by atoms with Crippen molar-refractivity contribution in [1.29, 1.82) is 0 Å². The fraction of sp³-hybridized carbons (Fsp3) is 0.0870. The summed E-state index contributed by atoms with van der Waals surface area (Å²) in [4.78, 5) is 39.2. The van der Waals surface area contributed by atoms with Crippen LogP contribution in [0.1, 0.15) is 21.5 Å². The van der Waals surface area contributed by atoms with Crippen LogP contribution in [-0.4, -0.2) is 24.9 Å². The molecule has 2 aromatic heterocycles. The van der Waals surface area contributed by atoms with E-state index in [1.165, 1.54) is 35.3 Å². The molecule has 2 heterocycles. The van der Waals surface area contributed by atoms with Gasteiger partial charge in [-0.25, -0.2) is 4.98 Å². The monoisotopic (exact) mass is 429 g/mol. The summed E-state index contributed by atoms with van der Waals surface area (Å²) in [6, 6.07) is 16.9. The number of nitro benzene ring substituents is 1. The van der Waals surface area contributed by atoms with Gasteiger partial charge in [0.25, 0.3) is 17.2 Å². The number of hydrogen-bond acceptors (Lipinski definition) is 5. The molecule has 4 aromatic rings. The lowest BCUT2D eigenvalue weighted by Gasteiger charge is -2.09. The second-order valence-corrected chi connectivity index (χ2v) is 7.10. The third-order valence-electron chi connectivity index (χ3n) is 4.94. The number of imidazole rings is 1. The number of carbonyl (C=O) groups excluding carboxylic acids is 1. The number of aromatic nitrogens is 3. The minimum atomic E-state index is -0.525. The standard InChI is InChI=1S/C23H19N5O4/c29-22-3-1-2-11-26(22)15-18-6-4-17(5-7-18)14-25-23(30)19-8-9-20(21(13-19)28(31)32)27-12-10-24-16-27/h1-13,16H,14-15H2,(H,25,30). The molecule has 0 aliphatic carbocycles. The number of amides is 1. The van der Waals surface area contributed by atoms with Gasteiger partial charge in [-0.1, -0.05) is 30.3 Å². The second-order valence-electron chi connectivity index (χ2n) is 7.10. The van der Waals surface area contributed by atoms with Crippen molar-refractivity contribution in [1.82, 2.24) is 19.4 Å². The van der Waals surface area contributed by atoms with Crippen molar-refractivity contribution < 1.29 is 9.72 Å². The fourth-order valence-corrected chi connectivity index (χ4v) is 3.27. The molecular weight excluding hydrogens is 410 g/mol. The number of hydrogen-bond donors (Lipinski definition) is 1. The maximum absolute atomic E-state index is 12.5. The highest BCUT2D eigenvalue weighted by Crippen LogP contribution is 2.24. The summed E-state index contributed by atoms with van der Waals surface area (Å²) in [7, 11) is 0. The Balaban J connectivity index is 1.42. The van der Waals surface area contributed by atoms with E-state index in [9.17, 15) is 19.7 Å². The summed E-state index contributed by atoms with van der Waals surface area (Å²) in [5, 5.41) is 14.3. The molecular formula is C23H19N5O4. The summed E-state index contributed by atoms with van der Waals surface area (Å²) in [5.74, 6) is -0.412. The minimum absolute atomic E-state index is 0.0722. The van der Waals surface area contributed by atoms with Crippen molar-refractivity contribution >= 4 is 11.6 Å². The SMILES string of the molecule is O=C(NCc1ccc(Cn2ccccc2=O)cc1)c1ccc(-n2ccnc2)c([N+](=O)[O-])c1. The van der Waals surface area contributed by atoms with E-state index in [-0.39, 0.29) is 23.4 Å². The Labute approximate surface area is 182 Å². The molecule has 1 N–H and O–H groups in total. The van der Waals surface area contributed by atoms with E-state index in [2.05, 4.69) is 10.3 Å². The highest BCUT2D eigenvalue weighted by Gasteiger charge is 2.18. The molecule has 0 aliphatic heterocycles. The quantitative estimate of drug-likeness (QED) is 0.359. The van der Waals surface area contributed by atoms with Crippen molar-refractivity contribution in [3.8, 4) is 5.69 Å². The molecule has 0 unspecified atom stereocenters. The smallest absolute Gasteiger partial charge is 0.294 e. The molecule has 0 radical (unpaired) electrons. The van der Waals surface area contributed by atoms with Crippen LogP contribution in [0, 0.1) is 10.1 Å². The lowest BCUT2D eigenvalue weighted by Crippen LogP contribution is -2.23. The predicted octanol–water partition coefficient (Wildman–Crippen LogP) is 2.92. The van der Waals surface area contributed by atoms with Crippen molar-refractivity contribution in [3.05, 3.63) is 123 Å².